The van der Waals surface area contributed by atoms with Crippen LogP contribution in [0.3, 0.4) is 0 Å². The van der Waals surface area contributed by atoms with E-state index < -0.39 is 0 Å². The minimum absolute atomic E-state index is 0.262. The lowest BCUT2D eigenvalue weighted by Crippen LogP contribution is -2.32. The first-order valence-electron chi connectivity index (χ1n) is 7.21. The molecule has 108 valence electrons. The highest BCUT2D eigenvalue weighted by atomic mass is 32.1. The van der Waals surface area contributed by atoms with Crippen LogP contribution in [-0.2, 0) is 6.42 Å². The van der Waals surface area contributed by atoms with E-state index in [2.05, 4.69) is 67.6 Å². The molecule has 1 aromatic heterocycles. The first kappa shape index (κ1) is 15.2. The standard InChI is InChI=1S/C17H24N2S/c1-4-14-7-9-15(10-8-14)16(12-18)19(3)13(2)17-6-5-11-20-17/h5-11,13,16H,4,12,18H2,1-3H3. The number of hydrogen-bond acceptors (Lipinski definition) is 3. The molecular formula is C17H24N2S. The van der Waals surface area contributed by atoms with Crippen LogP contribution in [0.15, 0.2) is 41.8 Å². The number of nitrogens with two attached hydrogens (primary N) is 1. The maximum Gasteiger partial charge on any atom is 0.0473 e. The van der Waals surface area contributed by atoms with Crippen molar-refractivity contribution in [1.29, 1.82) is 0 Å². The van der Waals surface area contributed by atoms with Crippen molar-refractivity contribution in [2.75, 3.05) is 13.6 Å². The van der Waals surface area contributed by atoms with Crippen molar-refractivity contribution in [3.63, 3.8) is 0 Å². The van der Waals surface area contributed by atoms with Crippen LogP contribution in [-0.4, -0.2) is 18.5 Å². The van der Waals surface area contributed by atoms with Gasteiger partial charge in [0.05, 0.1) is 0 Å². The number of aryl methyl sites for hydroxylation is 1. The van der Waals surface area contributed by atoms with Crippen LogP contribution < -0.4 is 5.73 Å². The number of rotatable bonds is 6. The summed E-state index contributed by atoms with van der Waals surface area (Å²) in [5.74, 6) is 0. The Morgan fingerprint density at radius 1 is 1.20 bits per heavy atom. The first-order chi connectivity index (χ1) is 9.67. The van der Waals surface area contributed by atoms with Gasteiger partial charge in [0.1, 0.15) is 0 Å². The summed E-state index contributed by atoms with van der Waals surface area (Å²) < 4.78 is 0. The Morgan fingerprint density at radius 3 is 2.40 bits per heavy atom. The van der Waals surface area contributed by atoms with Gasteiger partial charge in [0.15, 0.2) is 0 Å². The van der Waals surface area contributed by atoms with E-state index in [0.717, 1.165) is 6.42 Å². The zero-order valence-electron chi connectivity index (χ0n) is 12.5. The number of benzene rings is 1. The molecule has 1 heterocycles. The fourth-order valence-electron chi connectivity index (χ4n) is 2.51. The van der Waals surface area contributed by atoms with Gasteiger partial charge < -0.3 is 5.73 Å². The van der Waals surface area contributed by atoms with Gasteiger partial charge in [-0.2, -0.15) is 0 Å². The van der Waals surface area contributed by atoms with Gasteiger partial charge in [0, 0.05) is 23.5 Å². The normalized spacial score (nSPS) is 14.4. The van der Waals surface area contributed by atoms with E-state index in [1.165, 1.54) is 16.0 Å². The highest BCUT2D eigenvalue weighted by molar-refractivity contribution is 7.10. The number of nitrogens with zero attached hydrogens (tertiary/aromatic N) is 1. The second-order valence-corrected chi connectivity index (χ2v) is 6.18. The molecule has 2 nitrogen and oxygen atoms in total. The fraction of sp³-hybridized carbons (Fsp3) is 0.412. The van der Waals surface area contributed by atoms with Crippen molar-refractivity contribution < 1.29 is 0 Å². The Morgan fingerprint density at radius 2 is 1.90 bits per heavy atom. The molecule has 0 bridgehead atoms. The number of likely N-dealkylation sites (N-methyl/N-ethyl adjacent to an activating group) is 1. The van der Waals surface area contributed by atoms with Crippen LogP contribution in [0.25, 0.3) is 0 Å². The molecule has 0 aliphatic rings. The molecule has 0 saturated heterocycles. The van der Waals surface area contributed by atoms with Crippen LogP contribution in [0.4, 0.5) is 0 Å². The van der Waals surface area contributed by atoms with Gasteiger partial charge in [-0.05, 0) is 43.0 Å². The molecule has 0 radical (unpaired) electrons. The molecule has 0 spiro atoms. The Hall–Kier alpha value is -1.16. The molecule has 1 aromatic carbocycles. The minimum atomic E-state index is 0.262. The van der Waals surface area contributed by atoms with E-state index in [-0.39, 0.29) is 6.04 Å². The lowest BCUT2D eigenvalue weighted by atomic mass is 10.0. The van der Waals surface area contributed by atoms with Crippen molar-refractivity contribution in [1.82, 2.24) is 4.90 Å². The average Bonchev–Trinajstić information content (AvgIpc) is 3.02. The Bertz CT molecular complexity index is 504. The highest BCUT2D eigenvalue weighted by Crippen LogP contribution is 2.30. The quantitative estimate of drug-likeness (QED) is 0.870. The van der Waals surface area contributed by atoms with Crippen LogP contribution in [0, 0.1) is 0 Å². The zero-order chi connectivity index (χ0) is 14.5. The van der Waals surface area contributed by atoms with E-state index in [1.807, 2.05) is 0 Å². The maximum atomic E-state index is 6.03. The molecule has 2 N–H and O–H groups in total. The lowest BCUT2D eigenvalue weighted by Gasteiger charge is -2.32. The molecule has 2 unspecified atom stereocenters. The summed E-state index contributed by atoms with van der Waals surface area (Å²) in [7, 11) is 2.16. The van der Waals surface area contributed by atoms with Crippen molar-refractivity contribution >= 4 is 11.3 Å². The largest absolute Gasteiger partial charge is 0.329 e. The predicted octanol–water partition coefficient (Wildman–Crippen LogP) is 4.00. The van der Waals surface area contributed by atoms with E-state index in [1.54, 1.807) is 11.3 Å². The summed E-state index contributed by atoms with van der Waals surface area (Å²) in [4.78, 5) is 3.75. The topological polar surface area (TPSA) is 29.3 Å². The summed E-state index contributed by atoms with van der Waals surface area (Å²) in [6, 6.07) is 13.8. The molecule has 0 saturated carbocycles. The van der Waals surface area contributed by atoms with Crippen molar-refractivity contribution in [3.05, 3.63) is 57.8 Å². The first-order valence-corrected chi connectivity index (χ1v) is 8.09. The van der Waals surface area contributed by atoms with Gasteiger partial charge in [-0.15, -0.1) is 11.3 Å². The molecular weight excluding hydrogens is 264 g/mol. The summed E-state index contributed by atoms with van der Waals surface area (Å²) in [5.41, 5.74) is 8.70. The third-order valence-electron chi connectivity index (χ3n) is 4.05. The molecule has 2 aromatic rings. The van der Waals surface area contributed by atoms with E-state index in [4.69, 9.17) is 5.73 Å². The fourth-order valence-corrected chi connectivity index (χ4v) is 3.35. The van der Waals surface area contributed by atoms with E-state index in [9.17, 15) is 0 Å². The average molecular weight is 288 g/mol. The van der Waals surface area contributed by atoms with E-state index >= 15 is 0 Å². The summed E-state index contributed by atoms with van der Waals surface area (Å²) in [6.07, 6.45) is 1.08. The third-order valence-corrected chi connectivity index (χ3v) is 5.10. The van der Waals surface area contributed by atoms with Gasteiger partial charge in [0.25, 0.3) is 0 Å². The van der Waals surface area contributed by atoms with Crippen molar-refractivity contribution in [2.24, 2.45) is 5.73 Å². The van der Waals surface area contributed by atoms with Crippen molar-refractivity contribution in [2.45, 2.75) is 32.4 Å². The van der Waals surface area contributed by atoms with E-state index in [0.29, 0.717) is 12.6 Å². The van der Waals surface area contributed by atoms with Crippen LogP contribution >= 0.6 is 11.3 Å². The summed E-state index contributed by atoms with van der Waals surface area (Å²) >= 11 is 1.81. The molecule has 2 rings (SSSR count). The molecule has 0 amide bonds. The highest BCUT2D eigenvalue weighted by Gasteiger charge is 2.21. The van der Waals surface area contributed by atoms with Gasteiger partial charge in [-0.3, -0.25) is 4.90 Å². The third kappa shape index (κ3) is 3.29. The number of thiophene rings is 1. The Balaban J connectivity index is 2.17. The van der Waals surface area contributed by atoms with Crippen molar-refractivity contribution in [3.8, 4) is 0 Å². The maximum absolute atomic E-state index is 6.03. The smallest absolute Gasteiger partial charge is 0.0473 e. The molecule has 0 aliphatic carbocycles. The molecule has 0 aliphatic heterocycles. The van der Waals surface area contributed by atoms with Gasteiger partial charge in [0.2, 0.25) is 0 Å². The molecule has 0 fully saturated rings. The Labute approximate surface area is 126 Å². The minimum Gasteiger partial charge on any atom is -0.329 e. The second-order valence-electron chi connectivity index (χ2n) is 5.20. The lowest BCUT2D eigenvalue weighted by molar-refractivity contribution is 0.193. The monoisotopic (exact) mass is 288 g/mol. The summed E-state index contributed by atoms with van der Waals surface area (Å²) in [6.45, 7) is 5.06. The van der Waals surface area contributed by atoms with Crippen LogP contribution in [0.2, 0.25) is 0 Å². The molecule has 3 heteroatoms. The molecule has 20 heavy (non-hydrogen) atoms. The molecule has 2 atom stereocenters. The van der Waals surface area contributed by atoms with Gasteiger partial charge >= 0.3 is 0 Å². The Kier molecular flexibility index (Phi) is 5.35. The van der Waals surface area contributed by atoms with Crippen LogP contribution in [0.5, 0.6) is 0 Å². The SMILES string of the molecule is CCc1ccc(C(CN)N(C)C(C)c2cccs2)cc1. The van der Waals surface area contributed by atoms with Gasteiger partial charge in [-0.25, -0.2) is 0 Å². The predicted molar refractivity (Wildman–Crippen MR) is 88.1 cm³/mol. The van der Waals surface area contributed by atoms with Gasteiger partial charge in [-0.1, -0.05) is 37.3 Å². The van der Waals surface area contributed by atoms with Crippen LogP contribution in [0.1, 0.15) is 41.9 Å². The second kappa shape index (κ2) is 7.02. The summed E-state index contributed by atoms with van der Waals surface area (Å²) in [5, 5.41) is 2.13. The number of hydrogen-bond donors (Lipinski definition) is 1. The zero-order valence-corrected chi connectivity index (χ0v) is 13.4.